The fourth-order valence-electron chi connectivity index (χ4n) is 5.30. The summed E-state index contributed by atoms with van der Waals surface area (Å²) in [6.07, 6.45) is 0.961. The molecular weight excluding hydrogens is 440 g/mol. The first-order valence-corrected chi connectivity index (χ1v) is 12.0. The number of pyridine rings is 1. The zero-order chi connectivity index (χ0) is 24.5. The van der Waals surface area contributed by atoms with Gasteiger partial charge in [0.25, 0.3) is 11.5 Å². The summed E-state index contributed by atoms with van der Waals surface area (Å²) in [6, 6.07) is 21.5. The van der Waals surface area contributed by atoms with Crippen molar-refractivity contribution in [2.24, 2.45) is 5.92 Å². The van der Waals surface area contributed by atoms with Gasteiger partial charge in [0.2, 0.25) is 5.91 Å². The Morgan fingerprint density at radius 2 is 1.63 bits per heavy atom. The molecule has 7 nitrogen and oxygen atoms in total. The van der Waals surface area contributed by atoms with Crippen LogP contribution in [0, 0.1) is 5.92 Å². The maximum atomic E-state index is 13.3. The average molecular weight is 471 g/mol. The molecule has 3 aromatic rings. The summed E-state index contributed by atoms with van der Waals surface area (Å²) >= 11 is 0. The number of carbonyl (C=O) groups is 2. The first-order valence-electron chi connectivity index (χ1n) is 12.0. The number of hydrogen-bond acceptors (Lipinski definition) is 4. The van der Waals surface area contributed by atoms with Gasteiger partial charge in [-0.25, -0.2) is 0 Å². The second-order valence-corrected chi connectivity index (χ2v) is 9.83. The summed E-state index contributed by atoms with van der Waals surface area (Å²) in [6.45, 7) is 1.98. The molecule has 35 heavy (non-hydrogen) atoms. The van der Waals surface area contributed by atoms with E-state index in [9.17, 15) is 14.4 Å². The lowest BCUT2D eigenvalue weighted by atomic mass is 9.83. The van der Waals surface area contributed by atoms with Gasteiger partial charge in [-0.3, -0.25) is 14.4 Å². The van der Waals surface area contributed by atoms with E-state index in [1.807, 2.05) is 67.5 Å². The Labute approximate surface area is 205 Å². The van der Waals surface area contributed by atoms with E-state index in [0.717, 1.165) is 23.2 Å². The minimum absolute atomic E-state index is 0.0303. The Bertz CT molecular complexity index is 1300. The Kier molecular flexibility index (Phi) is 6.26. The SMILES string of the molecule is CN(C)CC(=O)Nc1ccc2n(c1=O)C[C@@H]1C[C@@H]2CN(C(=O)c2ccc(-c3ccccc3)cc2)C1. The predicted molar refractivity (Wildman–Crippen MR) is 137 cm³/mol. The van der Waals surface area contributed by atoms with Crippen molar-refractivity contribution in [2.75, 3.05) is 39.0 Å². The number of likely N-dealkylation sites (N-methyl/N-ethyl adjacent to an activating group) is 1. The third kappa shape index (κ3) is 4.77. The van der Waals surface area contributed by atoms with Crippen molar-refractivity contribution < 1.29 is 9.59 Å². The molecule has 1 saturated heterocycles. The van der Waals surface area contributed by atoms with Gasteiger partial charge in [0, 0.05) is 36.8 Å². The Morgan fingerprint density at radius 3 is 2.34 bits per heavy atom. The molecule has 2 aromatic carbocycles. The van der Waals surface area contributed by atoms with Crippen molar-refractivity contribution in [1.29, 1.82) is 0 Å². The van der Waals surface area contributed by atoms with Crippen molar-refractivity contribution in [1.82, 2.24) is 14.4 Å². The molecule has 0 radical (unpaired) electrons. The van der Waals surface area contributed by atoms with E-state index >= 15 is 0 Å². The van der Waals surface area contributed by atoms with Gasteiger partial charge < -0.3 is 19.7 Å². The van der Waals surface area contributed by atoms with Gasteiger partial charge in [0.05, 0.1) is 6.54 Å². The second-order valence-electron chi connectivity index (χ2n) is 9.83. The molecule has 2 aliphatic heterocycles. The Hall–Kier alpha value is -3.71. The number of nitrogens with zero attached hydrogens (tertiary/aromatic N) is 3. The summed E-state index contributed by atoms with van der Waals surface area (Å²) in [5, 5.41) is 2.74. The fourth-order valence-corrected chi connectivity index (χ4v) is 5.30. The van der Waals surface area contributed by atoms with Crippen molar-refractivity contribution in [3.8, 4) is 11.1 Å². The number of aromatic nitrogens is 1. The molecular formula is C28H30N4O3. The van der Waals surface area contributed by atoms with Crippen LogP contribution in [0.1, 0.15) is 28.4 Å². The van der Waals surface area contributed by atoms with Crippen LogP contribution in [0.3, 0.4) is 0 Å². The summed E-state index contributed by atoms with van der Waals surface area (Å²) in [4.78, 5) is 42.3. The number of carbonyl (C=O) groups excluding carboxylic acids is 2. The topological polar surface area (TPSA) is 74.7 Å². The number of anilines is 1. The van der Waals surface area contributed by atoms with Gasteiger partial charge >= 0.3 is 0 Å². The zero-order valence-electron chi connectivity index (χ0n) is 20.1. The third-order valence-electron chi connectivity index (χ3n) is 6.86. The summed E-state index contributed by atoms with van der Waals surface area (Å²) in [5.74, 6) is 0.134. The molecule has 0 spiro atoms. The number of fused-ring (bicyclic) bond motifs is 4. The molecule has 180 valence electrons. The van der Waals surface area contributed by atoms with Crippen LogP contribution in [0.15, 0.2) is 71.5 Å². The molecule has 2 amide bonds. The molecule has 5 rings (SSSR count). The van der Waals surface area contributed by atoms with Crippen LogP contribution in [0.2, 0.25) is 0 Å². The smallest absolute Gasteiger partial charge is 0.274 e. The maximum absolute atomic E-state index is 13.3. The number of amides is 2. The van der Waals surface area contributed by atoms with E-state index in [2.05, 4.69) is 17.4 Å². The fraction of sp³-hybridized carbons (Fsp3) is 0.321. The molecule has 1 fully saturated rings. The zero-order valence-corrected chi connectivity index (χ0v) is 20.1. The number of rotatable bonds is 5. The lowest BCUT2D eigenvalue weighted by Gasteiger charge is -2.43. The maximum Gasteiger partial charge on any atom is 0.274 e. The van der Waals surface area contributed by atoms with E-state index in [1.54, 1.807) is 15.5 Å². The van der Waals surface area contributed by atoms with E-state index in [4.69, 9.17) is 0 Å². The quantitative estimate of drug-likeness (QED) is 0.621. The highest BCUT2D eigenvalue weighted by atomic mass is 16.2. The first kappa shape index (κ1) is 23.1. The summed E-state index contributed by atoms with van der Waals surface area (Å²) in [7, 11) is 3.62. The van der Waals surface area contributed by atoms with Gasteiger partial charge in [0.15, 0.2) is 0 Å². The molecule has 0 unspecified atom stereocenters. The van der Waals surface area contributed by atoms with Crippen LogP contribution in [-0.4, -0.2) is 59.9 Å². The molecule has 2 atom stereocenters. The second kappa shape index (κ2) is 9.50. The average Bonchev–Trinajstić information content (AvgIpc) is 2.85. The normalized spacial score (nSPS) is 18.8. The summed E-state index contributed by atoms with van der Waals surface area (Å²) < 4.78 is 1.79. The van der Waals surface area contributed by atoms with Crippen LogP contribution in [0.25, 0.3) is 11.1 Å². The number of benzene rings is 2. The first-order chi connectivity index (χ1) is 16.9. The lowest BCUT2D eigenvalue weighted by Crippen LogP contribution is -2.49. The molecule has 0 aliphatic carbocycles. The molecule has 2 aliphatic rings. The van der Waals surface area contributed by atoms with Crippen molar-refractivity contribution in [3.63, 3.8) is 0 Å². The summed E-state index contributed by atoms with van der Waals surface area (Å²) in [5.41, 5.74) is 3.97. The number of likely N-dealkylation sites (tertiary alicyclic amines) is 1. The minimum Gasteiger partial charge on any atom is -0.338 e. The minimum atomic E-state index is -0.210. The lowest BCUT2D eigenvalue weighted by molar-refractivity contribution is -0.116. The van der Waals surface area contributed by atoms with Gasteiger partial charge in [-0.15, -0.1) is 0 Å². The van der Waals surface area contributed by atoms with Crippen molar-refractivity contribution in [2.45, 2.75) is 18.9 Å². The number of nitrogens with one attached hydrogen (secondary N) is 1. The standard InChI is InChI=1S/C28H30N4O3/c1-30(2)18-26(33)29-24-12-13-25-23-14-19(16-32(25)28(24)35)15-31(17-23)27(34)22-10-8-21(9-11-22)20-6-4-3-5-7-20/h3-13,19,23H,14-18H2,1-2H3,(H,29,33)/t19-,23-/m1/s1. The van der Waals surface area contributed by atoms with E-state index in [1.165, 1.54) is 0 Å². The molecule has 0 saturated carbocycles. The molecule has 1 N–H and O–H groups in total. The predicted octanol–water partition coefficient (Wildman–Crippen LogP) is 3.27. The highest BCUT2D eigenvalue weighted by Gasteiger charge is 2.37. The molecule has 7 heteroatoms. The Balaban J connectivity index is 1.32. The number of piperidine rings is 1. The van der Waals surface area contributed by atoms with Gasteiger partial charge in [0.1, 0.15) is 5.69 Å². The Morgan fingerprint density at radius 1 is 0.914 bits per heavy atom. The monoisotopic (exact) mass is 470 g/mol. The van der Waals surface area contributed by atoms with Gasteiger partial charge in [-0.1, -0.05) is 42.5 Å². The van der Waals surface area contributed by atoms with E-state index in [0.29, 0.717) is 30.9 Å². The van der Waals surface area contributed by atoms with E-state index < -0.39 is 0 Å². The van der Waals surface area contributed by atoms with Gasteiger partial charge in [-0.2, -0.15) is 0 Å². The largest absolute Gasteiger partial charge is 0.338 e. The van der Waals surface area contributed by atoms with Crippen LogP contribution in [0.4, 0.5) is 5.69 Å². The van der Waals surface area contributed by atoms with Crippen LogP contribution in [0.5, 0.6) is 0 Å². The highest BCUT2D eigenvalue weighted by Crippen LogP contribution is 2.36. The molecule has 2 bridgehead atoms. The van der Waals surface area contributed by atoms with Crippen LogP contribution >= 0.6 is 0 Å². The molecule has 3 heterocycles. The number of hydrogen-bond donors (Lipinski definition) is 1. The van der Waals surface area contributed by atoms with Gasteiger partial charge in [-0.05, 0) is 61.8 Å². The van der Waals surface area contributed by atoms with Crippen LogP contribution < -0.4 is 10.9 Å². The highest BCUT2D eigenvalue weighted by molar-refractivity contribution is 5.95. The van der Waals surface area contributed by atoms with Crippen molar-refractivity contribution >= 4 is 17.5 Å². The van der Waals surface area contributed by atoms with E-state index in [-0.39, 0.29) is 35.8 Å². The van der Waals surface area contributed by atoms with Crippen LogP contribution in [-0.2, 0) is 11.3 Å². The molecule has 1 aromatic heterocycles. The van der Waals surface area contributed by atoms with Crippen molar-refractivity contribution in [3.05, 3.63) is 88.3 Å². The third-order valence-corrected chi connectivity index (χ3v) is 6.86.